The number of hydrogen-bond acceptors (Lipinski definition) is 2. The number of carbonyl (C=O) groups excluding carboxylic acids is 1. The zero-order chi connectivity index (χ0) is 12.1. The number of nitrogens with two attached hydrogens (primary N) is 1. The fourth-order valence-electron chi connectivity index (χ4n) is 2.42. The van der Waals surface area contributed by atoms with Crippen LogP contribution in [0.4, 0.5) is 0 Å². The minimum Gasteiger partial charge on any atom is -0.369 e. The summed E-state index contributed by atoms with van der Waals surface area (Å²) in [5.41, 5.74) is 4.53. The topological polar surface area (TPSA) is 66.9 Å². The molecule has 3 atom stereocenters. The van der Waals surface area contributed by atoms with Crippen LogP contribution in [0.2, 0.25) is 0 Å². The molecule has 4 heteroatoms. The van der Waals surface area contributed by atoms with Gasteiger partial charge in [0.25, 0.3) is 0 Å². The van der Waals surface area contributed by atoms with Crippen LogP contribution in [0, 0.1) is 28.1 Å². The largest absolute Gasteiger partial charge is 0.369 e. The predicted molar refractivity (Wildman–Crippen MR) is 59.1 cm³/mol. The van der Waals surface area contributed by atoms with Crippen LogP contribution in [-0.2, 0) is 4.79 Å². The monoisotopic (exact) mass is 228 g/mol. The molecule has 3 nitrogen and oxygen atoms in total. The summed E-state index contributed by atoms with van der Waals surface area (Å²) >= 11 is 6.28. The van der Waals surface area contributed by atoms with Crippen LogP contribution in [0.1, 0.15) is 34.1 Å². The maximum atomic E-state index is 11.2. The first-order valence-electron chi connectivity index (χ1n) is 4.98. The first-order chi connectivity index (χ1) is 6.60. The summed E-state index contributed by atoms with van der Waals surface area (Å²) in [6.07, 6.45) is 0.806. The molecule has 2 N–H and O–H groups in total. The highest BCUT2D eigenvalue weighted by Gasteiger charge is 2.69. The number of carbonyl (C=O) groups is 1. The minimum absolute atomic E-state index is 0.211. The van der Waals surface area contributed by atoms with Crippen LogP contribution in [0.15, 0.2) is 0 Å². The Morgan fingerprint density at radius 1 is 1.60 bits per heavy atom. The van der Waals surface area contributed by atoms with Crippen molar-refractivity contribution in [3.05, 3.63) is 0 Å². The first-order valence-corrected chi connectivity index (χ1v) is 5.36. The fourth-order valence-corrected chi connectivity index (χ4v) is 2.93. The minimum atomic E-state index is -0.789. The Kier molecular flexibility index (Phi) is 2.56. The molecule has 15 heavy (non-hydrogen) atoms. The lowest BCUT2D eigenvalue weighted by Crippen LogP contribution is -2.42. The van der Waals surface area contributed by atoms with Crippen LogP contribution < -0.4 is 5.73 Å². The van der Waals surface area contributed by atoms with Crippen LogP contribution in [0.3, 0.4) is 0 Å². The highest BCUT2D eigenvalue weighted by atomic mass is 35.5. The molecule has 0 radical (unpaired) electrons. The highest BCUT2D eigenvalue weighted by molar-refractivity contribution is 6.26. The van der Waals surface area contributed by atoms with Gasteiger partial charge in [-0.25, -0.2) is 0 Å². The summed E-state index contributed by atoms with van der Waals surface area (Å²) in [4.78, 5) is 10.9. The van der Waals surface area contributed by atoms with Gasteiger partial charge in [-0.1, -0.05) is 20.8 Å². The summed E-state index contributed by atoms with van der Waals surface area (Å²) in [6.45, 7) is 7.72. The van der Waals surface area contributed by atoms with E-state index in [0.717, 1.165) is 6.42 Å². The lowest BCUT2D eigenvalue weighted by atomic mass is 9.67. The van der Waals surface area contributed by atoms with Gasteiger partial charge in [-0.2, -0.15) is 5.26 Å². The molecule has 1 aliphatic carbocycles. The Morgan fingerprint density at radius 3 is 2.20 bits per heavy atom. The Morgan fingerprint density at radius 2 is 2.00 bits per heavy atom. The fraction of sp³-hybridized carbons (Fsp3) is 0.818. The van der Waals surface area contributed by atoms with Gasteiger partial charge in [0.1, 0.15) is 5.92 Å². The molecular weight excluding hydrogens is 212 g/mol. The van der Waals surface area contributed by atoms with Gasteiger partial charge < -0.3 is 5.73 Å². The molecule has 1 rings (SSSR count). The molecule has 0 bridgehead atoms. The lowest BCUT2D eigenvalue weighted by molar-refractivity contribution is -0.124. The van der Waals surface area contributed by atoms with Gasteiger partial charge in [0.05, 0.1) is 6.07 Å². The lowest BCUT2D eigenvalue weighted by Gasteiger charge is -2.36. The smallest absolute Gasteiger partial charge is 0.235 e. The van der Waals surface area contributed by atoms with Crippen molar-refractivity contribution in [1.29, 1.82) is 5.26 Å². The maximum absolute atomic E-state index is 11.2. The third kappa shape index (κ3) is 1.52. The molecule has 1 amide bonds. The third-order valence-corrected chi connectivity index (χ3v) is 4.82. The van der Waals surface area contributed by atoms with Crippen molar-refractivity contribution in [1.82, 2.24) is 0 Å². The van der Waals surface area contributed by atoms with E-state index in [4.69, 9.17) is 22.6 Å². The Labute approximate surface area is 95.6 Å². The van der Waals surface area contributed by atoms with Crippen molar-refractivity contribution in [3.63, 3.8) is 0 Å². The summed E-state index contributed by atoms with van der Waals surface area (Å²) in [5, 5.41) is 9.00. The number of amides is 1. The zero-order valence-corrected chi connectivity index (χ0v) is 10.4. The normalized spacial score (nSPS) is 36.8. The second-order valence-electron chi connectivity index (χ2n) is 5.39. The van der Waals surface area contributed by atoms with Gasteiger partial charge in [0.15, 0.2) is 0 Å². The SMILES string of the molecule is CC1(Cl)CC1(C)C(C)(C)C(C#N)C(N)=O. The van der Waals surface area contributed by atoms with Crippen molar-refractivity contribution in [2.45, 2.75) is 39.0 Å². The highest BCUT2D eigenvalue weighted by Crippen LogP contribution is 2.70. The summed E-state index contributed by atoms with van der Waals surface area (Å²) in [6, 6.07) is 1.99. The molecule has 1 fully saturated rings. The number of alkyl halides is 1. The molecule has 3 unspecified atom stereocenters. The number of nitriles is 1. The van der Waals surface area contributed by atoms with E-state index in [-0.39, 0.29) is 10.3 Å². The van der Waals surface area contributed by atoms with Crippen LogP contribution in [-0.4, -0.2) is 10.8 Å². The molecule has 1 aliphatic rings. The van der Waals surface area contributed by atoms with E-state index in [0.29, 0.717) is 0 Å². The van der Waals surface area contributed by atoms with Crippen molar-refractivity contribution in [2.75, 3.05) is 0 Å². The third-order valence-electron chi connectivity index (χ3n) is 4.27. The van der Waals surface area contributed by atoms with Crippen molar-refractivity contribution < 1.29 is 4.79 Å². The second-order valence-corrected chi connectivity index (χ2v) is 6.23. The quantitative estimate of drug-likeness (QED) is 0.752. The van der Waals surface area contributed by atoms with Gasteiger partial charge in [-0.05, 0) is 24.2 Å². The second kappa shape index (κ2) is 3.12. The molecular formula is C11H17ClN2O. The number of primary amides is 1. The van der Waals surface area contributed by atoms with E-state index in [1.54, 1.807) is 0 Å². The van der Waals surface area contributed by atoms with E-state index in [1.807, 2.05) is 33.8 Å². The van der Waals surface area contributed by atoms with E-state index in [9.17, 15) is 4.79 Å². The van der Waals surface area contributed by atoms with Crippen molar-refractivity contribution in [2.24, 2.45) is 22.5 Å². The van der Waals surface area contributed by atoms with Gasteiger partial charge in [-0.15, -0.1) is 11.6 Å². The van der Waals surface area contributed by atoms with Gasteiger partial charge >= 0.3 is 0 Å². The van der Waals surface area contributed by atoms with E-state index in [1.165, 1.54) is 0 Å². The Bertz CT molecular complexity index is 343. The van der Waals surface area contributed by atoms with Crippen molar-refractivity contribution >= 4 is 17.5 Å². The van der Waals surface area contributed by atoms with Crippen LogP contribution >= 0.6 is 11.6 Å². The van der Waals surface area contributed by atoms with Crippen molar-refractivity contribution in [3.8, 4) is 6.07 Å². The number of nitrogens with zero attached hydrogens (tertiary/aromatic N) is 1. The predicted octanol–water partition coefficient (Wildman–Crippen LogP) is 2.05. The van der Waals surface area contributed by atoms with E-state index >= 15 is 0 Å². The first kappa shape index (κ1) is 12.3. The maximum Gasteiger partial charge on any atom is 0.235 e. The summed E-state index contributed by atoms with van der Waals surface area (Å²) in [5.74, 6) is -1.36. The van der Waals surface area contributed by atoms with Crippen LogP contribution in [0.5, 0.6) is 0 Å². The summed E-state index contributed by atoms with van der Waals surface area (Å²) < 4.78 is 0. The molecule has 0 spiro atoms. The number of hydrogen-bond donors (Lipinski definition) is 1. The average molecular weight is 229 g/mol. The molecule has 0 heterocycles. The molecule has 84 valence electrons. The van der Waals surface area contributed by atoms with E-state index in [2.05, 4.69) is 0 Å². The van der Waals surface area contributed by atoms with E-state index < -0.39 is 17.2 Å². The van der Waals surface area contributed by atoms with Crippen LogP contribution in [0.25, 0.3) is 0 Å². The molecule has 0 saturated heterocycles. The average Bonchev–Trinajstić information content (AvgIpc) is 2.52. The zero-order valence-electron chi connectivity index (χ0n) is 9.60. The van der Waals surface area contributed by atoms with Gasteiger partial charge in [0.2, 0.25) is 5.91 Å². The molecule has 0 aromatic rings. The molecule has 1 saturated carbocycles. The molecule has 0 aromatic carbocycles. The van der Waals surface area contributed by atoms with Gasteiger partial charge in [0, 0.05) is 4.87 Å². The van der Waals surface area contributed by atoms with Gasteiger partial charge in [-0.3, -0.25) is 4.79 Å². The number of halogens is 1. The Balaban J connectivity index is 3.04. The Hall–Kier alpha value is -0.750. The standard InChI is InChI=1S/C11H17ClN2O/c1-9(2,7(5-13)8(14)15)10(3)6-11(10,4)12/h7H,6H2,1-4H3,(H2,14,15). The summed E-state index contributed by atoms with van der Waals surface area (Å²) in [7, 11) is 0. The number of rotatable bonds is 3. The molecule has 0 aliphatic heterocycles. The molecule has 0 aromatic heterocycles.